The van der Waals surface area contributed by atoms with Crippen molar-refractivity contribution in [2.75, 3.05) is 0 Å². The van der Waals surface area contributed by atoms with E-state index in [0.29, 0.717) is 22.6 Å². The van der Waals surface area contributed by atoms with Gasteiger partial charge in [0.25, 0.3) is 5.56 Å². The molecule has 1 amide bonds. The van der Waals surface area contributed by atoms with Gasteiger partial charge in [-0.25, -0.2) is 8.78 Å². The van der Waals surface area contributed by atoms with E-state index in [0.717, 1.165) is 23.6 Å². The molecule has 0 saturated heterocycles. The quantitative estimate of drug-likeness (QED) is 0.371. The molecular weight excluding hydrogens is 484 g/mol. The van der Waals surface area contributed by atoms with Crippen molar-refractivity contribution in [1.82, 2.24) is 9.55 Å². The number of aromatic nitrogens is 2. The van der Waals surface area contributed by atoms with Gasteiger partial charge in [0.1, 0.15) is 16.7 Å². The maximum absolute atomic E-state index is 14.7. The monoisotopic (exact) mass is 505 g/mol. The average molecular weight is 506 g/mol. The lowest BCUT2D eigenvalue weighted by Crippen LogP contribution is -2.23. The van der Waals surface area contributed by atoms with Crippen molar-refractivity contribution in [3.05, 3.63) is 116 Å². The van der Waals surface area contributed by atoms with Crippen molar-refractivity contribution in [1.29, 1.82) is 0 Å². The number of carbonyl (C=O) groups is 1. The first-order valence-electron chi connectivity index (χ1n) is 11.4. The number of rotatable bonds is 5. The third kappa shape index (κ3) is 4.20. The Hall–Kier alpha value is -3.84. The minimum atomic E-state index is -0.729. The number of nitrogens with zero attached hydrogens (tertiary/aromatic N) is 2. The third-order valence-corrected chi connectivity index (χ3v) is 7.07. The molecule has 0 aliphatic heterocycles. The van der Waals surface area contributed by atoms with Crippen LogP contribution in [0.1, 0.15) is 51.0 Å². The molecule has 2 aromatic carbocycles. The average Bonchev–Trinajstić information content (AvgIpc) is 3.64. The number of amides is 1. The Kier molecular flexibility index (Phi) is 5.96. The van der Waals surface area contributed by atoms with Crippen molar-refractivity contribution in [2.45, 2.75) is 32.1 Å². The third-order valence-electron chi connectivity index (χ3n) is 6.69. The van der Waals surface area contributed by atoms with Crippen LogP contribution in [0.15, 0.2) is 65.6 Å². The van der Waals surface area contributed by atoms with Crippen molar-refractivity contribution in [3.63, 3.8) is 0 Å². The highest BCUT2D eigenvalue weighted by atomic mass is 35.5. The van der Waals surface area contributed by atoms with Crippen LogP contribution in [0, 0.1) is 25.5 Å². The molecule has 5 nitrogen and oxygen atoms in total. The van der Waals surface area contributed by atoms with E-state index in [2.05, 4.69) is 4.98 Å². The zero-order valence-corrected chi connectivity index (χ0v) is 20.3. The van der Waals surface area contributed by atoms with Gasteiger partial charge in [0, 0.05) is 23.0 Å². The fourth-order valence-electron chi connectivity index (χ4n) is 4.70. The summed E-state index contributed by atoms with van der Waals surface area (Å²) in [6.07, 6.45) is 2.39. The summed E-state index contributed by atoms with van der Waals surface area (Å²) in [5.41, 5.74) is 9.08. The Balaban J connectivity index is 1.54. The van der Waals surface area contributed by atoms with Crippen LogP contribution in [-0.4, -0.2) is 15.5 Å². The Morgan fingerprint density at radius 2 is 1.78 bits per heavy atom. The molecule has 8 heteroatoms. The first kappa shape index (κ1) is 23.9. The lowest BCUT2D eigenvalue weighted by Gasteiger charge is -2.17. The van der Waals surface area contributed by atoms with E-state index >= 15 is 0 Å². The molecule has 1 aliphatic carbocycles. The predicted molar refractivity (Wildman–Crippen MR) is 135 cm³/mol. The number of aryl methyl sites for hydroxylation is 2. The molecule has 4 aromatic rings. The first-order chi connectivity index (χ1) is 17.2. The lowest BCUT2D eigenvalue weighted by atomic mass is 10.0. The summed E-state index contributed by atoms with van der Waals surface area (Å²) in [5, 5.41) is 0.130. The molecular formula is C28H22ClF2N3O2. The molecule has 2 aromatic heterocycles. The summed E-state index contributed by atoms with van der Waals surface area (Å²) in [4.78, 5) is 29.1. The van der Waals surface area contributed by atoms with Gasteiger partial charge in [-0.15, -0.1) is 0 Å². The standard InChI is InChI=1S/C28H22ClF2N3O2/c1-14-13-33-24(19-8-5-17(27(32)35)10-23(19)31)12-25(14)34-15(2)9-22(26(29)28(34)36)21-11-20(21)16-3-6-18(30)7-4-16/h3-10,12-13,20-21H,11H2,1-2H3,(H2,32,35)/t20-,21+/m1/s1. The topological polar surface area (TPSA) is 78.0 Å². The number of hydrogen-bond donors (Lipinski definition) is 1. The van der Waals surface area contributed by atoms with E-state index in [9.17, 15) is 18.4 Å². The SMILES string of the molecule is Cc1cnc(-c2ccc(C(N)=O)cc2F)cc1-n1c(C)cc([C@H]2C[C@@H]2c2ccc(F)cc2)c(Cl)c1=O. The van der Waals surface area contributed by atoms with Crippen LogP contribution in [0.2, 0.25) is 5.02 Å². The molecule has 1 aliphatic rings. The van der Waals surface area contributed by atoms with Crippen LogP contribution < -0.4 is 11.3 Å². The fourth-order valence-corrected chi connectivity index (χ4v) is 4.98. The summed E-state index contributed by atoms with van der Waals surface area (Å²) in [5.74, 6) is -1.41. The van der Waals surface area contributed by atoms with Crippen LogP contribution in [0.4, 0.5) is 8.78 Å². The van der Waals surface area contributed by atoms with E-state index in [4.69, 9.17) is 17.3 Å². The minimum absolute atomic E-state index is 0.0528. The number of nitrogens with two attached hydrogens (primary N) is 1. The van der Waals surface area contributed by atoms with Gasteiger partial charge >= 0.3 is 0 Å². The summed E-state index contributed by atoms with van der Waals surface area (Å²) < 4.78 is 29.5. The second-order valence-electron chi connectivity index (χ2n) is 9.11. The van der Waals surface area contributed by atoms with Gasteiger partial charge in [0.15, 0.2) is 0 Å². The van der Waals surface area contributed by atoms with Crippen molar-refractivity contribution < 1.29 is 13.6 Å². The lowest BCUT2D eigenvalue weighted by molar-refractivity contribution is 0.1000. The molecule has 0 bridgehead atoms. The van der Waals surface area contributed by atoms with Gasteiger partial charge in [-0.3, -0.25) is 19.1 Å². The summed E-state index contributed by atoms with van der Waals surface area (Å²) >= 11 is 6.60. The van der Waals surface area contributed by atoms with Crippen LogP contribution in [-0.2, 0) is 0 Å². The number of primary amides is 1. The molecule has 5 rings (SSSR count). The van der Waals surface area contributed by atoms with Crippen LogP contribution in [0.25, 0.3) is 16.9 Å². The van der Waals surface area contributed by atoms with E-state index < -0.39 is 11.7 Å². The number of halogens is 3. The maximum atomic E-state index is 14.7. The van der Waals surface area contributed by atoms with E-state index in [-0.39, 0.29) is 39.4 Å². The minimum Gasteiger partial charge on any atom is -0.366 e. The number of carbonyl (C=O) groups excluding carboxylic acids is 1. The number of hydrogen-bond acceptors (Lipinski definition) is 3. The van der Waals surface area contributed by atoms with Gasteiger partial charge in [0.2, 0.25) is 5.91 Å². The van der Waals surface area contributed by atoms with Crippen molar-refractivity contribution in [2.24, 2.45) is 5.73 Å². The Bertz CT molecular complexity index is 1580. The van der Waals surface area contributed by atoms with E-state index in [1.165, 1.54) is 28.8 Å². The first-order valence-corrected chi connectivity index (χ1v) is 11.8. The predicted octanol–water partition coefficient (Wildman–Crippen LogP) is 5.82. The van der Waals surface area contributed by atoms with Crippen molar-refractivity contribution >= 4 is 17.5 Å². The zero-order valence-electron chi connectivity index (χ0n) is 19.6. The molecule has 36 heavy (non-hydrogen) atoms. The molecule has 182 valence electrons. The van der Waals surface area contributed by atoms with Gasteiger partial charge < -0.3 is 5.73 Å². The smallest absolute Gasteiger partial charge is 0.274 e. The Morgan fingerprint density at radius 3 is 2.44 bits per heavy atom. The normalized spacial score (nSPS) is 16.7. The molecule has 2 N–H and O–H groups in total. The molecule has 0 radical (unpaired) electrons. The van der Waals surface area contributed by atoms with Crippen molar-refractivity contribution in [3.8, 4) is 16.9 Å². The van der Waals surface area contributed by atoms with E-state index in [1.807, 2.05) is 13.0 Å². The summed E-state index contributed by atoms with van der Waals surface area (Å²) in [6, 6.07) is 13.9. The van der Waals surface area contributed by atoms with Crippen LogP contribution in [0.5, 0.6) is 0 Å². The number of pyridine rings is 2. The molecule has 1 fully saturated rings. The zero-order chi connectivity index (χ0) is 25.7. The molecule has 2 atom stereocenters. The Morgan fingerprint density at radius 1 is 1.06 bits per heavy atom. The summed E-state index contributed by atoms with van der Waals surface area (Å²) in [6.45, 7) is 3.62. The second kappa shape index (κ2) is 8.99. The van der Waals surface area contributed by atoms with Gasteiger partial charge in [-0.2, -0.15) is 0 Å². The molecule has 0 unspecified atom stereocenters. The van der Waals surface area contributed by atoms with Crippen LogP contribution >= 0.6 is 11.6 Å². The van der Waals surface area contributed by atoms with Gasteiger partial charge in [-0.1, -0.05) is 23.7 Å². The largest absolute Gasteiger partial charge is 0.366 e. The van der Waals surface area contributed by atoms with E-state index in [1.54, 1.807) is 31.3 Å². The summed E-state index contributed by atoms with van der Waals surface area (Å²) in [7, 11) is 0. The molecule has 0 spiro atoms. The fraction of sp³-hybridized carbons (Fsp3) is 0.179. The second-order valence-corrected chi connectivity index (χ2v) is 9.49. The highest BCUT2D eigenvalue weighted by molar-refractivity contribution is 6.31. The van der Waals surface area contributed by atoms with Gasteiger partial charge in [-0.05, 0) is 91.3 Å². The molecule has 2 heterocycles. The highest BCUT2D eigenvalue weighted by Crippen LogP contribution is 2.55. The Labute approximate surface area is 211 Å². The highest BCUT2D eigenvalue weighted by Gasteiger charge is 2.41. The van der Waals surface area contributed by atoms with Gasteiger partial charge in [0.05, 0.1) is 11.4 Å². The maximum Gasteiger partial charge on any atom is 0.274 e. The molecule has 1 saturated carbocycles. The van der Waals surface area contributed by atoms with Crippen LogP contribution in [0.3, 0.4) is 0 Å². The number of benzene rings is 2.